The average molecular weight is 284 g/mol. The topological polar surface area (TPSA) is 66.6 Å². The summed E-state index contributed by atoms with van der Waals surface area (Å²) in [5.41, 5.74) is 5.32. The van der Waals surface area contributed by atoms with E-state index in [2.05, 4.69) is 0 Å². The second-order valence-corrected chi connectivity index (χ2v) is 5.24. The highest BCUT2D eigenvalue weighted by Gasteiger charge is 2.31. The Morgan fingerprint density at radius 2 is 2.00 bits per heavy atom. The number of halogens is 2. The molecule has 20 heavy (non-hydrogen) atoms. The maximum absolute atomic E-state index is 14.1. The molecule has 1 aliphatic rings. The molecule has 2 atom stereocenters. The van der Waals surface area contributed by atoms with Crippen LogP contribution in [0.2, 0.25) is 0 Å². The predicted molar refractivity (Wildman–Crippen MR) is 71.0 cm³/mol. The fraction of sp³-hybridized carbons (Fsp3) is 0.500. The Kier molecular flexibility index (Phi) is 4.23. The fourth-order valence-electron chi connectivity index (χ4n) is 2.63. The minimum Gasteiger partial charge on any atom is -0.392 e. The summed E-state index contributed by atoms with van der Waals surface area (Å²) < 4.78 is 28.2. The molecule has 1 aliphatic heterocycles. The summed E-state index contributed by atoms with van der Waals surface area (Å²) in [7, 11) is 0. The van der Waals surface area contributed by atoms with Crippen LogP contribution in [0.15, 0.2) is 12.1 Å². The molecule has 0 radical (unpaired) electrons. The summed E-state index contributed by atoms with van der Waals surface area (Å²) in [5.74, 6) is -2.31. The first kappa shape index (κ1) is 14.7. The van der Waals surface area contributed by atoms with Gasteiger partial charge in [0.25, 0.3) is 0 Å². The van der Waals surface area contributed by atoms with Crippen LogP contribution in [0.5, 0.6) is 0 Å². The van der Waals surface area contributed by atoms with Crippen LogP contribution in [0, 0.1) is 17.6 Å². The first-order valence-electron chi connectivity index (χ1n) is 6.58. The van der Waals surface area contributed by atoms with Gasteiger partial charge in [0, 0.05) is 12.6 Å². The van der Waals surface area contributed by atoms with Gasteiger partial charge in [0.1, 0.15) is 17.3 Å². The highest BCUT2D eigenvalue weighted by atomic mass is 19.1. The lowest BCUT2D eigenvalue weighted by Crippen LogP contribution is -2.46. The van der Waals surface area contributed by atoms with Crippen LogP contribution in [0.1, 0.15) is 25.3 Å². The monoisotopic (exact) mass is 284 g/mol. The molecule has 6 heteroatoms. The Labute approximate surface area is 116 Å². The standard InChI is InChI=1S/C14H18F2N2O2/c1-8-2-3-10(14(17)20)6-18(8)13-11(15)4-9(7-19)5-12(13)16/h4-5,8,10,19H,2-3,6-7H2,1H3,(H2,17,20). The van der Waals surface area contributed by atoms with Crippen LogP contribution < -0.4 is 10.6 Å². The lowest BCUT2D eigenvalue weighted by molar-refractivity contribution is -0.122. The van der Waals surface area contributed by atoms with Crippen molar-refractivity contribution in [1.29, 1.82) is 0 Å². The van der Waals surface area contributed by atoms with E-state index in [-0.39, 0.29) is 23.8 Å². The SMILES string of the molecule is CC1CCC(C(N)=O)CN1c1c(F)cc(CO)cc1F. The third-order valence-electron chi connectivity index (χ3n) is 3.83. The van der Waals surface area contributed by atoms with E-state index in [1.807, 2.05) is 6.92 Å². The Morgan fingerprint density at radius 3 is 2.50 bits per heavy atom. The van der Waals surface area contributed by atoms with Crippen molar-refractivity contribution in [2.24, 2.45) is 11.7 Å². The lowest BCUT2D eigenvalue weighted by atomic mass is 9.92. The van der Waals surface area contributed by atoms with E-state index >= 15 is 0 Å². The van der Waals surface area contributed by atoms with Crippen molar-refractivity contribution in [2.45, 2.75) is 32.4 Å². The Hall–Kier alpha value is -1.69. The number of aliphatic hydroxyl groups excluding tert-OH is 1. The zero-order chi connectivity index (χ0) is 14.9. The van der Waals surface area contributed by atoms with Crippen LogP contribution in [0.4, 0.5) is 14.5 Å². The van der Waals surface area contributed by atoms with Gasteiger partial charge in [-0.05, 0) is 37.5 Å². The van der Waals surface area contributed by atoms with Crippen LogP contribution in [-0.4, -0.2) is 23.6 Å². The van der Waals surface area contributed by atoms with E-state index in [4.69, 9.17) is 10.8 Å². The number of nitrogens with two attached hydrogens (primary N) is 1. The molecule has 1 saturated heterocycles. The van der Waals surface area contributed by atoms with Gasteiger partial charge in [-0.1, -0.05) is 0 Å². The Balaban J connectivity index is 2.36. The molecule has 110 valence electrons. The first-order chi connectivity index (χ1) is 9.43. The van der Waals surface area contributed by atoms with Gasteiger partial charge in [-0.3, -0.25) is 4.79 Å². The summed E-state index contributed by atoms with van der Waals surface area (Å²) >= 11 is 0. The Morgan fingerprint density at radius 1 is 1.40 bits per heavy atom. The van der Waals surface area contributed by atoms with Gasteiger partial charge >= 0.3 is 0 Å². The molecule has 0 aliphatic carbocycles. The quantitative estimate of drug-likeness (QED) is 0.885. The number of hydrogen-bond acceptors (Lipinski definition) is 3. The zero-order valence-corrected chi connectivity index (χ0v) is 11.3. The molecular formula is C14H18F2N2O2. The summed E-state index contributed by atoms with van der Waals surface area (Å²) in [6.45, 7) is 1.65. The normalized spacial score (nSPS) is 22.9. The lowest BCUT2D eigenvalue weighted by Gasteiger charge is -2.38. The van der Waals surface area contributed by atoms with Crippen molar-refractivity contribution in [3.63, 3.8) is 0 Å². The van der Waals surface area contributed by atoms with Gasteiger partial charge in [-0.15, -0.1) is 0 Å². The number of benzene rings is 1. The van der Waals surface area contributed by atoms with Gasteiger partial charge in [0.15, 0.2) is 0 Å². The maximum atomic E-state index is 14.1. The number of carbonyl (C=O) groups excluding carboxylic acids is 1. The minimum atomic E-state index is -0.731. The summed E-state index contributed by atoms with van der Waals surface area (Å²) in [6.07, 6.45) is 1.28. The number of nitrogens with zero attached hydrogens (tertiary/aromatic N) is 1. The second-order valence-electron chi connectivity index (χ2n) is 5.24. The molecule has 4 nitrogen and oxygen atoms in total. The highest BCUT2D eigenvalue weighted by molar-refractivity contribution is 5.77. The van der Waals surface area contributed by atoms with Crippen molar-refractivity contribution < 1.29 is 18.7 Å². The van der Waals surface area contributed by atoms with Crippen molar-refractivity contribution in [2.75, 3.05) is 11.4 Å². The number of anilines is 1. The molecule has 1 fully saturated rings. The van der Waals surface area contributed by atoms with E-state index in [9.17, 15) is 13.6 Å². The molecule has 1 aromatic carbocycles. The van der Waals surface area contributed by atoms with Crippen LogP contribution in [-0.2, 0) is 11.4 Å². The van der Waals surface area contributed by atoms with E-state index in [0.717, 1.165) is 12.1 Å². The van der Waals surface area contributed by atoms with Crippen LogP contribution >= 0.6 is 0 Å². The van der Waals surface area contributed by atoms with Crippen LogP contribution in [0.25, 0.3) is 0 Å². The van der Waals surface area contributed by atoms with Crippen molar-refractivity contribution in [3.05, 3.63) is 29.3 Å². The Bertz CT molecular complexity index is 499. The predicted octanol–water partition coefficient (Wildman–Crippen LogP) is 1.55. The van der Waals surface area contributed by atoms with Gasteiger partial charge in [0.05, 0.1) is 12.5 Å². The molecule has 2 rings (SSSR count). The number of piperidine rings is 1. The smallest absolute Gasteiger partial charge is 0.222 e. The van der Waals surface area contributed by atoms with Crippen LogP contribution in [0.3, 0.4) is 0 Å². The molecule has 1 aromatic rings. The number of hydrogen-bond donors (Lipinski definition) is 2. The van der Waals surface area contributed by atoms with Crippen molar-refractivity contribution >= 4 is 11.6 Å². The zero-order valence-electron chi connectivity index (χ0n) is 11.3. The summed E-state index contributed by atoms with van der Waals surface area (Å²) in [6, 6.07) is 2.15. The maximum Gasteiger partial charge on any atom is 0.222 e. The number of amides is 1. The van der Waals surface area contributed by atoms with Gasteiger partial charge < -0.3 is 15.7 Å². The first-order valence-corrected chi connectivity index (χ1v) is 6.58. The minimum absolute atomic E-state index is 0.0745. The van der Waals surface area contributed by atoms with Gasteiger partial charge in [-0.2, -0.15) is 0 Å². The fourth-order valence-corrected chi connectivity index (χ4v) is 2.63. The van der Waals surface area contributed by atoms with Crippen molar-refractivity contribution in [3.8, 4) is 0 Å². The third kappa shape index (κ3) is 2.75. The molecular weight excluding hydrogens is 266 g/mol. The number of aliphatic hydroxyl groups is 1. The molecule has 3 N–H and O–H groups in total. The molecule has 1 heterocycles. The number of rotatable bonds is 3. The van der Waals surface area contributed by atoms with Gasteiger partial charge in [0.2, 0.25) is 5.91 Å². The van der Waals surface area contributed by atoms with E-state index in [1.54, 1.807) is 4.90 Å². The molecule has 0 bridgehead atoms. The van der Waals surface area contributed by atoms with E-state index in [0.29, 0.717) is 12.8 Å². The highest BCUT2D eigenvalue weighted by Crippen LogP contribution is 2.32. The van der Waals surface area contributed by atoms with Gasteiger partial charge in [-0.25, -0.2) is 8.78 Å². The summed E-state index contributed by atoms with van der Waals surface area (Å²) in [4.78, 5) is 12.8. The molecule has 0 saturated carbocycles. The number of primary amides is 1. The molecule has 2 unspecified atom stereocenters. The molecule has 0 spiro atoms. The summed E-state index contributed by atoms with van der Waals surface area (Å²) in [5, 5.41) is 8.95. The molecule has 0 aromatic heterocycles. The number of carbonyl (C=O) groups is 1. The molecule has 1 amide bonds. The second kappa shape index (κ2) is 5.75. The average Bonchev–Trinajstić information content (AvgIpc) is 2.39. The largest absolute Gasteiger partial charge is 0.392 e. The van der Waals surface area contributed by atoms with E-state index < -0.39 is 30.1 Å². The van der Waals surface area contributed by atoms with Crippen molar-refractivity contribution in [1.82, 2.24) is 0 Å². The van der Waals surface area contributed by atoms with E-state index in [1.165, 1.54) is 0 Å². The third-order valence-corrected chi connectivity index (χ3v) is 3.83.